The van der Waals surface area contributed by atoms with Gasteiger partial charge in [-0.3, -0.25) is 0 Å². The van der Waals surface area contributed by atoms with E-state index in [1.165, 1.54) is 0 Å². The van der Waals surface area contributed by atoms with Gasteiger partial charge < -0.3 is 9.15 Å². The summed E-state index contributed by atoms with van der Waals surface area (Å²) in [7, 11) is 0. The highest BCUT2D eigenvalue weighted by Crippen LogP contribution is 2.10. The zero-order valence-electron chi connectivity index (χ0n) is 6.37. The van der Waals surface area contributed by atoms with Crippen molar-refractivity contribution in [2.45, 2.75) is 13.8 Å². The molecule has 0 bridgehead atoms. The van der Waals surface area contributed by atoms with E-state index in [-0.39, 0.29) is 6.08 Å². The van der Waals surface area contributed by atoms with Crippen molar-refractivity contribution in [1.29, 1.82) is 0 Å². The van der Waals surface area contributed by atoms with Crippen LogP contribution in [0.2, 0.25) is 0 Å². The first-order valence-corrected chi connectivity index (χ1v) is 4.38. The standard InChI is InChI=1S/C6H9IN2O2/c1-4(2)3-10-6-9-8-5(7)11-6/h4H,3H2,1-2H3. The largest absolute Gasteiger partial charge is 0.449 e. The fourth-order valence-corrected chi connectivity index (χ4v) is 0.786. The van der Waals surface area contributed by atoms with Gasteiger partial charge in [-0.15, -0.1) is 0 Å². The topological polar surface area (TPSA) is 48.2 Å². The van der Waals surface area contributed by atoms with Gasteiger partial charge in [-0.25, -0.2) is 0 Å². The second-order valence-corrected chi connectivity index (χ2v) is 3.45. The maximum absolute atomic E-state index is 5.14. The molecule has 0 aliphatic rings. The zero-order valence-corrected chi connectivity index (χ0v) is 8.53. The molecule has 1 rings (SSSR count). The number of hydrogen-bond donors (Lipinski definition) is 0. The molecule has 0 aliphatic carbocycles. The number of ether oxygens (including phenoxy) is 1. The van der Waals surface area contributed by atoms with Crippen LogP contribution in [0.1, 0.15) is 13.8 Å². The van der Waals surface area contributed by atoms with Gasteiger partial charge in [-0.05, 0) is 5.92 Å². The van der Waals surface area contributed by atoms with Gasteiger partial charge in [-0.2, -0.15) is 0 Å². The van der Waals surface area contributed by atoms with E-state index in [0.717, 1.165) is 0 Å². The van der Waals surface area contributed by atoms with Crippen molar-refractivity contribution < 1.29 is 9.15 Å². The summed E-state index contributed by atoms with van der Waals surface area (Å²) in [6, 6.07) is 0. The van der Waals surface area contributed by atoms with Crippen molar-refractivity contribution in [3.8, 4) is 6.08 Å². The molecule has 0 aliphatic heterocycles. The van der Waals surface area contributed by atoms with Crippen LogP contribution in [0.25, 0.3) is 0 Å². The van der Waals surface area contributed by atoms with E-state index in [0.29, 0.717) is 16.4 Å². The van der Waals surface area contributed by atoms with E-state index in [1.54, 1.807) is 0 Å². The summed E-state index contributed by atoms with van der Waals surface area (Å²) in [5.74, 6) is 0.472. The molecule has 0 unspecified atom stereocenters. The van der Waals surface area contributed by atoms with E-state index in [9.17, 15) is 0 Å². The van der Waals surface area contributed by atoms with Crippen LogP contribution >= 0.6 is 22.6 Å². The molecule has 11 heavy (non-hydrogen) atoms. The average molecular weight is 268 g/mol. The summed E-state index contributed by atoms with van der Waals surface area (Å²) in [5, 5.41) is 7.28. The summed E-state index contributed by atoms with van der Waals surface area (Å²) < 4.78 is 10.6. The fourth-order valence-electron chi connectivity index (χ4n) is 0.489. The fraction of sp³-hybridized carbons (Fsp3) is 0.667. The Morgan fingerprint density at radius 1 is 1.55 bits per heavy atom. The third kappa shape index (κ3) is 3.04. The Kier molecular flexibility index (Phi) is 3.10. The lowest BCUT2D eigenvalue weighted by atomic mass is 10.2. The van der Waals surface area contributed by atoms with E-state index < -0.39 is 0 Å². The van der Waals surface area contributed by atoms with Crippen LogP contribution in [0.15, 0.2) is 4.42 Å². The molecule has 0 saturated heterocycles. The van der Waals surface area contributed by atoms with Gasteiger partial charge in [0.05, 0.1) is 6.61 Å². The second-order valence-electron chi connectivity index (χ2n) is 2.53. The molecule has 0 fully saturated rings. The second kappa shape index (κ2) is 3.89. The van der Waals surface area contributed by atoms with Crippen molar-refractivity contribution in [1.82, 2.24) is 10.2 Å². The van der Waals surface area contributed by atoms with Crippen LogP contribution in [0, 0.1) is 9.82 Å². The zero-order chi connectivity index (χ0) is 8.27. The number of halogens is 1. The molecule has 4 nitrogen and oxygen atoms in total. The van der Waals surface area contributed by atoms with E-state index in [2.05, 4.69) is 24.0 Å². The van der Waals surface area contributed by atoms with Crippen LogP contribution in [-0.2, 0) is 0 Å². The molecular formula is C6H9IN2O2. The first kappa shape index (κ1) is 8.76. The first-order chi connectivity index (χ1) is 5.18. The Bertz CT molecular complexity index is 224. The molecule has 0 atom stereocenters. The molecule has 1 heterocycles. The highest BCUT2D eigenvalue weighted by atomic mass is 127. The molecule has 1 aromatic rings. The van der Waals surface area contributed by atoms with Gasteiger partial charge in [0, 0.05) is 22.6 Å². The Morgan fingerprint density at radius 2 is 2.27 bits per heavy atom. The Hall–Kier alpha value is -0.330. The van der Waals surface area contributed by atoms with Crippen LogP contribution < -0.4 is 4.74 Å². The minimum atomic E-state index is 0.253. The molecule has 0 radical (unpaired) electrons. The summed E-state index contributed by atoms with van der Waals surface area (Å²) in [5.41, 5.74) is 0. The summed E-state index contributed by atoms with van der Waals surface area (Å²) >= 11 is 1.94. The lowest BCUT2D eigenvalue weighted by molar-refractivity contribution is 0.198. The van der Waals surface area contributed by atoms with Gasteiger partial charge in [-0.1, -0.05) is 24.0 Å². The van der Waals surface area contributed by atoms with E-state index in [4.69, 9.17) is 9.15 Å². The Labute approximate surface area is 78.5 Å². The summed E-state index contributed by atoms with van der Waals surface area (Å²) in [4.78, 5) is 0. The smallest absolute Gasteiger partial charge is 0.415 e. The first-order valence-electron chi connectivity index (χ1n) is 3.30. The summed E-state index contributed by atoms with van der Waals surface area (Å²) in [6.45, 7) is 4.72. The average Bonchev–Trinajstić information content (AvgIpc) is 2.31. The van der Waals surface area contributed by atoms with Gasteiger partial charge >= 0.3 is 6.08 Å². The number of aromatic nitrogens is 2. The SMILES string of the molecule is CC(C)COc1nnc(I)o1. The molecule has 0 amide bonds. The third-order valence-electron chi connectivity index (χ3n) is 0.922. The highest BCUT2D eigenvalue weighted by molar-refractivity contribution is 14.1. The maximum Gasteiger partial charge on any atom is 0.415 e. The molecule has 62 valence electrons. The maximum atomic E-state index is 5.14. The molecule has 1 aromatic heterocycles. The van der Waals surface area contributed by atoms with Gasteiger partial charge in [0.15, 0.2) is 0 Å². The van der Waals surface area contributed by atoms with Crippen molar-refractivity contribution >= 4 is 22.6 Å². The van der Waals surface area contributed by atoms with Crippen LogP contribution in [0.5, 0.6) is 6.08 Å². The minimum Gasteiger partial charge on any atom is -0.449 e. The van der Waals surface area contributed by atoms with E-state index >= 15 is 0 Å². The van der Waals surface area contributed by atoms with Crippen molar-refractivity contribution in [3.05, 3.63) is 3.90 Å². The molecule has 5 heteroatoms. The number of nitrogens with zero attached hydrogens (tertiary/aromatic N) is 2. The summed E-state index contributed by atoms with van der Waals surface area (Å²) in [6.07, 6.45) is 0.253. The molecule has 0 spiro atoms. The van der Waals surface area contributed by atoms with E-state index in [1.807, 2.05) is 22.6 Å². The normalized spacial score (nSPS) is 10.5. The molecule has 0 aromatic carbocycles. The molecule has 0 N–H and O–H groups in total. The predicted octanol–water partition coefficient (Wildman–Crippen LogP) is 1.71. The number of hydrogen-bond acceptors (Lipinski definition) is 4. The predicted molar refractivity (Wildman–Crippen MR) is 47.3 cm³/mol. The number of rotatable bonds is 3. The monoisotopic (exact) mass is 268 g/mol. The minimum absolute atomic E-state index is 0.253. The lowest BCUT2D eigenvalue weighted by Crippen LogP contribution is -2.04. The third-order valence-corrected chi connectivity index (χ3v) is 1.36. The highest BCUT2D eigenvalue weighted by Gasteiger charge is 2.04. The Balaban J connectivity index is 2.39. The van der Waals surface area contributed by atoms with Gasteiger partial charge in [0.25, 0.3) is 3.90 Å². The van der Waals surface area contributed by atoms with Gasteiger partial charge in [0.2, 0.25) is 0 Å². The van der Waals surface area contributed by atoms with Crippen LogP contribution in [0.3, 0.4) is 0 Å². The van der Waals surface area contributed by atoms with Crippen molar-refractivity contribution in [2.75, 3.05) is 6.61 Å². The van der Waals surface area contributed by atoms with Crippen LogP contribution in [0.4, 0.5) is 0 Å². The van der Waals surface area contributed by atoms with Crippen molar-refractivity contribution in [2.24, 2.45) is 5.92 Å². The molecule has 0 saturated carbocycles. The quantitative estimate of drug-likeness (QED) is 0.783. The molecular weight excluding hydrogens is 259 g/mol. The Morgan fingerprint density at radius 3 is 2.73 bits per heavy atom. The lowest BCUT2D eigenvalue weighted by Gasteiger charge is -2.01. The van der Waals surface area contributed by atoms with Gasteiger partial charge in [0.1, 0.15) is 0 Å². The van der Waals surface area contributed by atoms with Crippen LogP contribution in [-0.4, -0.2) is 16.8 Å². The van der Waals surface area contributed by atoms with Crippen molar-refractivity contribution in [3.63, 3.8) is 0 Å².